The van der Waals surface area contributed by atoms with Crippen LogP contribution < -0.4 is 5.32 Å². The summed E-state index contributed by atoms with van der Waals surface area (Å²) >= 11 is 0. The fourth-order valence-electron chi connectivity index (χ4n) is 2.25. The summed E-state index contributed by atoms with van der Waals surface area (Å²) in [4.78, 5) is 16.1. The molecular formula is C14H20N2O2. The van der Waals surface area contributed by atoms with Crippen molar-refractivity contribution in [1.29, 1.82) is 0 Å². The van der Waals surface area contributed by atoms with Crippen molar-refractivity contribution < 1.29 is 9.90 Å². The minimum absolute atomic E-state index is 0.0261. The van der Waals surface area contributed by atoms with E-state index in [1.807, 2.05) is 32.9 Å². The third-order valence-corrected chi connectivity index (χ3v) is 4.00. The number of aliphatic hydroxyl groups is 1. The monoisotopic (exact) mass is 248 g/mol. The molecule has 1 saturated carbocycles. The number of rotatable bonds is 3. The van der Waals surface area contributed by atoms with Crippen LogP contribution >= 0.6 is 0 Å². The van der Waals surface area contributed by atoms with E-state index in [1.54, 1.807) is 6.20 Å². The molecule has 2 atom stereocenters. The smallest absolute Gasteiger partial charge is 0.226 e. The number of nitrogens with zero attached hydrogens (tertiary/aromatic N) is 1. The van der Waals surface area contributed by atoms with E-state index in [9.17, 15) is 9.90 Å². The summed E-state index contributed by atoms with van der Waals surface area (Å²) in [5.74, 6) is -0.0261. The van der Waals surface area contributed by atoms with Gasteiger partial charge in [-0.25, -0.2) is 0 Å². The minimum Gasteiger partial charge on any atom is -0.392 e. The van der Waals surface area contributed by atoms with Crippen molar-refractivity contribution in [3.05, 3.63) is 29.6 Å². The number of aliphatic hydroxyl groups excluding tert-OH is 1. The number of carbonyl (C=O) groups excluding carboxylic acids is 1. The average molecular weight is 248 g/mol. The van der Waals surface area contributed by atoms with E-state index in [4.69, 9.17) is 0 Å². The van der Waals surface area contributed by atoms with Crippen LogP contribution in [0.15, 0.2) is 18.3 Å². The predicted octanol–water partition coefficient (Wildman–Crippen LogP) is 1.21. The fraction of sp³-hybridized carbons (Fsp3) is 0.571. The zero-order valence-corrected chi connectivity index (χ0v) is 11.1. The van der Waals surface area contributed by atoms with Crippen LogP contribution in [0.3, 0.4) is 0 Å². The van der Waals surface area contributed by atoms with Gasteiger partial charge in [0.2, 0.25) is 5.91 Å². The first-order chi connectivity index (χ1) is 8.41. The highest BCUT2D eigenvalue weighted by Crippen LogP contribution is 2.40. The number of pyridine rings is 1. The topological polar surface area (TPSA) is 62.2 Å². The molecule has 0 saturated heterocycles. The average Bonchev–Trinajstić information content (AvgIpc) is 2.32. The van der Waals surface area contributed by atoms with Gasteiger partial charge in [0, 0.05) is 17.7 Å². The van der Waals surface area contributed by atoms with Gasteiger partial charge in [0.15, 0.2) is 0 Å². The van der Waals surface area contributed by atoms with Gasteiger partial charge < -0.3 is 10.4 Å². The van der Waals surface area contributed by atoms with Gasteiger partial charge in [-0.1, -0.05) is 19.9 Å². The van der Waals surface area contributed by atoms with Crippen molar-refractivity contribution in [1.82, 2.24) is 10.3 Å². The van der Waals surface area contributed by atoms with Crippen LogP contribution in [0.25, 0.3) is 0 Å². The molecular weight excluding hydrogens is 228 g/mol. The molecule has 1 aromatic rings. The van der Waals surface area contributed by atoms with Crippen LogP contribution in [-0.4, -0.2) is 28.1 Å². The van der Waals surface area contributed by atoms with Crippen LogP contribution in [0.5, 0.6) is 0 Å². The summed E-state index contributed by atoms with van der Waals surface area (Å²) in [6.45, 7) is 5.89. The molecule has 2 rings (SSSR count). The van der Waals surface area contributed by atoms with Crippen molar-refractivity contribution in [2.45, 2.75) is 45.8 Å². The van der Waals surface area contributed by atoms with Gasteiger partial charge in [-0.3, -0.25) is 9.78 Å². The Hall–Kier alpha value is -1.42. The molecule has 1 amide bonds. The third kappa shape index (κ3) is 2.38. The molecule has 0 spiro atoms. The summed E-state index contributed by atoms with van der Waals surface area (Å²) in [5, 5.41) is 12.6. The van der Waals surface area contributed by atoms with E-state index in [-0.39, 0.29) is 23.5 Å². The number of aromatic nitrogens is 1. The quantitative estimate of drug-likeness (QED) is 0.845. The SMILES string of the molecule is Cc1cccnc1CC(=O)NC1CC(O)C1(C)C. The fourth-order valence-corrected chi connectivity index (χ4v) is 2.25. The maximum absolute atomic E-state index is 11.9. The summed E-state index contributed by atoms with van der Waals surface area (Å²) in [5.41, 5.74) is 1.61. The Labute approximate surface area is 107 Å². The van der Waals surface area contributed by atoms with Crippen molar-refractivity contribution in [2.75, 3.05) is 0 Å². The lowest BCUT2D eigenvalue weighted by atomic mass is 9.64. The molecule has 18 heavy (non-hydrogen) atoms. The number of hydrogen-bond acceptors (Lipinski definition) is 3. The van der Waals surface area contributed by atoms with Crippen molar-refractivity contribution in [3.8, 4) is 0 Å². The Morgan fingerprint density at radius 1 is 1.61 bits per heavy atom. The molecule has 0 aliphatic heterocycles. The van der Waals surface area contributed by atoms with Crippen LogP contribution in [0.4, 0.5) is 0 Å². The molecule has 2 unspecified atom stereocenters. The van der Waals surface area contributed by atoms with Crippen LogP contribution in [0, 0.1) is 12.3 Å². The summed E-state index contributed by atoms with van der Waals surface area (Å²) in [6.07, 6.45) is 2.32. The second-order valence-corrected chi connectivity index (χ2v) is 5.64. The number of hydrogen-bond donors (Lipinski definition) is 2. The lowest BCUT2D eigenvalue weighted by Gasteiger charge is -2.49. The lowest BCUT2D eigenvalue weighted by molar-refractivity contribution is -0.128. The molecule has 1 heterocycles. The third-order valence-electron chi connectivity index (χ3n) is 4.00. The molecule has 1 aliphatic rings. The van der Waals surface area contributed by atoms with Gasteiger partial charge >= 0.3 is 0 Å². The van der Waals surface area contributed by atoms with Crippen LogP contribution in [0.1, 0.15) is 31.5 Å². The van der Waals surface area contributed by atoms with E-state index in [2.05, 4.69) is 10.3 Å². The molecule has 0 radical (unpaired) electrons. The largest absolute Gasteiger partial charge is 0.392 e. The highest BCUT2D eigenvalue weighted by atomic mass is 16.3. The zero-order valence-electron chi connectivity index (χ0n) is 11.1. The molecule has 1 aromatic heterocycles. The summed E-state index contributed by atoms with van der Waals surface area (Å²) in [7, 11) is 0. The maximum atomic E-state index is 11.9. The highest BCUT2D eigenvalue weighted by molar-refractivity contribution is 5.79. The molecule has 4 heteroatoms. The predicted molar refractivity (Wildman–Crippen MR) is 69.0 cm³/mol. The minimum atomic E-state index is -0.320. The zero-order chi connectivity index (χ0) is 13.3. The standard InChI is InChI=1S/C14H20N2O2/c1-9-5-4-6-15-10(9)7-13(18)16-11-8-12(17)14(11,2)3/h4-6,11-12,17H,7-8H2,1-3H3,(H,16,18). The Morgan fingerprint density at radius 3 is 2.89 bits per heavy atom. The Morgan fingerprint density at radius 2 is 2.33 bits per heavy atom. The summed E-state index contributed by atoms with van der Waals surface area (Å²) < 4.78 is 0. The van der Waals surface area contributed by atoms with Crippen molar-refractivity contribution >= 4 is 5.91 Å². The first-order valence-electron chi connectivity index (χ1n) is 6.29. The molecule has 98 valence electrons. The van der Waals surface area contributed by atoms with Crippen LogP contribution in [0.2, 0.25) is 0 Å². The van der Waals surface area contributed by atoms with Crippen LogP contribution in [-0.2, 0) is 11.2 Å². The number of nitrogens with one attached hydrogen (secondary N) is 1. The van der Waals surface area contributed by atoms with Crippen molar-refractivity contribution in [2.24, 2.45) is 5.41 Å². The van der Waals surface area contributed by atoms with Gasteiger partial charge in [0.05, 0.1) is 18.2 Å². The summed E-state index contributed by atoms with van der Waals surface area (Å²) in [6, 6.07) is 3.87. The molecule has 1 aliphatic carbocycles. The van der Waals surface area contributed by atoms with E-state index in [1.165, 1.54) is 0 Å². The van der Waals surface area contributed by atoms with Gasteiger partial charge in [0.1, 0.15) is 0 Å². The second-order valence-electron chi connectivity index (χ2n) is 5.64. The molecule has 0 aromatic carbocycles. The molecule has 2 N–H and O–H groups in total. The van der Waals surface area contributed by atoms with Gasteiger partial charge in [-0.2, -0.15) is 0 Å². The second kappa shape index (κ2) is 4.69. The number of amides is 1. The van der Waals surface area contributed by atoms with Gasteiger partial charge in [-0.05, 0) is 25.0 Å². The van der Waals surface area contributed by atoms with E-state index < -0.39 is 0 Å². The molecule has 0 bridgehead atoms. The highest BCUT2D eigenvalue weighted by Gasteiger charge is 2.47. The van der Waals surface area contributed by atoms with Crippen molar-refractivity contribution in [3.63, 3.8) is 0 Å². The first-order valence-corrected chi connectivity index (χ1v) is 6.29. The van der Waals surface area contributed by atoms with E-state index >= 15 is 0 Å². The van der Waals surface area contributed by atoms with E-state index in [0.29, 0.717) is 12.8 Å². The molecule has 4 nitrogen and oxygen atoms in total. The van der Waals surface area contributed by atoms with Gasteiger partial charge in [0.25, 0.3) is 0 Å². The first kappa shape index (κ1) is 13.0. The number of carbonyl (C=O) groups is 1. The number of aryl methyl sites for hydroxylation is 1. The molecule has 1 fully saturated rings. The Bertz CT molecular complexity index is 457. The maximum Gasteiger partial charge on any atom is 0.226 e. The Kier molecular flexibility index (Phi) is 3.39. The van der Waals surface area contributed by atoms with E-state index in [0.717, 1.165) is 11.3 Å². The normalized spacial score (nSPS) is 25.3. The van der Waals surface area contributed by atoms with Gasteiger partial charge in [-0.15, -0.1) is 0 Å². The lowest BCUT2D eigenvalue weighted by Crippen LogP contribution is -2.61. The Balaban J connectivity index is 1.93.